The van der Waals surface area contributed by atoms with Gasteiger partial charge < -0.3 is 4.57 Å². The first kappa shape index (κ1) is 11.9. The van der Waals surface area contributed by atoms with Gasteiger partial charge in [-0.2, -0.15) is 0 Å². The lowest BCUT2D eigenvalue weighted by molar-refractivity contribution is 0.160. The van der Waals surface area contributed by atoms with Crippen LogP contribution in [0.5, 0.6) is 0 Å². The van der Waals surface area contributed by atoms with Gasteiger partial charge in [0.15, 0.2) is 0 Å². The van der Waals surface area contributed by atoms with Crippen LogP contribution in [0.15, 0.2) is 41.3 Å². The quantitative estimate of drug-likeness (QED) is 0.849. The number of hydrogen-bond donors (Lipinski definition) is 0. The summed E-state index contributed by atoms with van der Waals surface area (Å²) >= 11 is 3.48. The molecule has 1 atom stereocenters. The van der Waals surface area contributed by atoms with Gasteiger partial charge in [-0.15, -0.1) is 0 Å². The van der Waals surface area contributed by atoms with Gasteiger partial charge in [0, 0.05) is 54.4 Å². The fraction of sp³-hybridized carbons (Fsp3) is 0.357. The van der Waals surface area contributed by atoms with E-state index in [0.29, 0.717) is 6.04 Å². The second-order valence-electron chi connectivity index (χ2n) is 4.78. The van der Waals surface area contributed by atoms with Crippen LogP contribution < -0.4 is 0 Å². The van der Waals surface area contributed by atoms with Crippen LogP contribution >= 0.6 is 15.9 Å². The minimum atomic E-state index is 0.465. The highest BCUT2D eigenvalue weighted by Crippen LogP contribution is 2.27. The fourth-order valence-corrected chi connectivity index (χ4v) is 3.03. The number of hydrogen-bond acceptors (Lipinski definition) is 2. The van der Waals surface area contributed by atoms with Crippen molar-refractivity contribution < 1.29 is 0 Å². The van der Waals surface area contributed by atoms with Crippen LogP contribution in [0.4, 0.5) is 0 Å². The highest BCUT2D eigenvalue weighted by molar-refractivity contribution is 9.10. The second kappa shape index (κ2) is 4.86. The number of fused-ring (bicyclic) bond motifs is 1. The van der Waals surface area contributed by atoms with Gasteiger partial charge in [-0.3, -0.25) is 9.88 Å². The first-order valence-corrected chi connectivity index (χ1v) is 7.02. The summed E-state index contributed by atoms with van der Waals surface area (Å²) in [5, 5.41) is 0. The lowest BCUT2D eigenvalue weighted by atomic mass is 10.1. The Hall–Kier alpha value is -1.13. The van der Waals surface area contributed by atoms with Gasteiger partial charge in [0.2, 0.25) is 0 Å². The number of halogens is 1. The van der Waals surface area contributed by atoms with E-state index in [2.05, 4.69) is 61.7 Å². The lowest BCUT2D eigenvalue weighted by Crippen LogP contribution is -2.35. The maximum Gasteiger partial charge on any atom is 0.0476 e. The minimum Gasteiger partial charge on any atom is -0.349 e. The summed E-state index contributed by atoms with van der Waals surface area (Å²) in [6.07, 6.45) is 5.95. The van der Waals surface area contributed by atoms with Crippen LogP contribution in [0.1, 0.15) is 24.2 Å². The predicted molar refractivity (Wildman–Crippen MR) is 75.2 cm³/mol. The molecule has 0 amide bonds. The van der Waals surface area contributed by atoms with Crippen molar-refractivity contribution in [3.05, 3.63) is 52.5 Å². The van der Waals surface area contributed by atoms with E-state index >= 15 is 0 Å². The third kappa shape index (κ3) is 2.22. The van der Waals surface area contributed by atoms with Crippen LogP contribution in [-0.2, 0) is 13.1 Å². The van der Waals surface area contributed by atoms with E-state index in [1.165, 1.54) is 11.3 Å². The van der Waals surface area contributed by atoms with Gasteiger partial charge in [-0.1, -0.05) is 0 Å². The van der Waals surface area contributed by atoms with Crippen LogP contribution in [-0.4, -0.2) is 21.0 Å². The first-order chi connectivity index (χ1) is 8.74. The molecule has 0 N–H and O–H groups in total. The molecule has 0 bridgehead atoms. The molecule has 0 fully saturated rings. The third-order valence-corrected chi connectivity index (χ3v) is 4.05. The molecule has 3 heterocycles. The Kier molecular flexibility index (Phi) is 3.22. The van der Waals surface area contributed by atoms with Crippen molar-refractivity contribution in [3.8, 4) is 0 Å². The van der Waals surface area contributed by atoms with E-state index in [1.807, 2.05) is 12.4 Å². The van der Waals surface area contributed by atoms with Crippen molar-refractivity contribution in [2.75, 3.05) is 6.54 Å². The molecule has 94 valence electrons. The highest BCUT2D eigenvalue weighted by atomic mass is 79.9. The number of nitrogens with zero attached hydrogens (tertiary/aromatic N) is 3. The van der Waals surface area contributed by atoms with Crippen LogP contribution in [0.25, 0.3) is 0 Å². The van der Waals surface area contributed by atoms with Gasteiger partial charge in [0.05, 0.1) is 0 Å². The Morgan fingerprint density at radius 1 is 1.39 bits per heavy atom. The summed E-state index contributed by atoms with van der Waals surface area (Å²) in [7, 11) is 0. The Labute approximate surface area is 116 Å². The first-order valence-electron chi connectivity index (χ1n) is 6.22. The maximum atomic E-state index is 4.23. The monoisotopic (exact) mass is 305 g/mol. The summed E-state index contributed by atoms with van der Waals surface area (Å²) in [6, 6.07) is 6.96. The highest BCUT2D eigenvalue weighted by Gasteiger charge is 2.23. The number of rotatable bonds is 2. The molecule has 0 radical (unpaired) electrons. The van der Waals surface area contributed by atoms with E-state index < -0.39 is 0 Å². The molecule has 0 saturated carbocycles. The summed E-state index contributed by atoms with van der Waals surface area (Å²) in [5.74, 6) is 0. The molecule has 0 saturated heterocycles. The molecule has 2 aromatic heterocycles. The zero-order valence-electron chi connectivity index (χ0n) is 10.4. The Morgan fingerprint density at radius 2 is 2.28 bits per heavy atom. The summed E-state index contributed by atoms with van der Waals surface area (Å²) in [5.41, 5.74) is 2.67. The van der Waals surface area contributed by atoms with Crippen molar-refractivity contribution in [1.82, 2.24) is 14.5 Å². The SMILES string of the molecule is CC1c2cccn2CCN1Cc1cncc(Br)c1. The molecule has 18 heavy (non-hydrogen) atoms. The molecule has 3 rings (SSSR count). The molecule has 0 spiro atoms. The van der Waals surface area contributed by atoms with Crippen LogP contribution in [0.3, 0.4) is 0 Å². The van der Waals surface area contributed by atoms with Gasteiger partial charge in [-0.05, 0) is 46.6 Å². The van der Waals surface area contributed by atoms with E-state index in [-0.39, 0.29) is 0 Å². The van der Waals surface area contributed by atoms with Crippen molar-refractivity contribution in [1.29, 1.82) is 0 Å². The average Bonchev–Trinajstić information content (AvgIpc) is 2.82. The van der Waals surface area contributed by atoms with Gasteiger partial charge in [-0.25, -0.2) is 0 Å². The Balaban J connectivity index is 1.79. The maximum absolute atomic E-state index is 4.23. The van der Waals surface area contributed by atoms with Crippen LogP contribution in [0, 0.1) is 0 Å². The van der Waals surface area contributed by atoms with E-state index in [0.717, 1.165) is 24.1 Å². The van der Waals surface area contributed by atoms with Crippen molar-refractivity contribution in [2.45, 2.75) is 26.1 Å². The Bertz CT molecular complexity index is 549. The molecular weight excluding hydrogens is 290 g/mol. The molecule has 1 aliphatic rings. The average molecular weight is 306 g/mol. The number of aromatic nitrogens is 2. The molecule has 0 aromatic carbocycles. The number of pyridine rings is 1. The zero-order valence-corrected chi connectivity index (χ0v) is 12.0. The zero-order chi connectivity index (χ0) is 12.5. The smallest absolute Gasteiger partial charge is 0.0476 e. The molecule has 3 nitrogen and oxygen atoms in total. The topological polar surface area (TPSA) is 21.1 Å². The summed E-state index contributed by atoms with van der Waals surface area (Å²) in [4.78, 5) is 6.73. The lowest BCUT2D eigenvalue weighted by Gasteiger charge is -2.34. The van der Waals surface area contributed by atoms with E-state index in [1.54, 1.807) is 0 Å². The Morgan fingerprint density at radius 3 is 3.11 bits per heavy atom. The van der Waals surface area contributed by atoms with Crippen molar-refractivity contribution in [2.24, 2.45) is 0 Å². The molecule has 4 heteroatoms. The molecule has 0 aliphatic carbocycles. The minimum absolute atomic E-state index is 0.465. The predicted octanol–water partition coefficient (Wildman–Crippen LogP) is 3.22. The second-order valence-corrected chi connectivity index (χ2v) is 5.70. The van der Waals surface area contributed by atoms with E-state index in [4.69, 9.17) is 0 Å². The molecular formula is C14H16BrN3. The third-order valence-electron chi connectivity index (χ3n) is 3.62. The molecule has 1 unspecified atom stereocenters. The largest absolute Gasteiger partial charge is 0.349 e. The normalized spacial score (nSPS) is 19.8. The van der Waals surface area contributed by atoms with Crippen LogP contribution in [0.2, 0.25) is 0 Å². The summed E-state index contributed by atoms with van der Waals surface area (Å²) in [6.45, 7) is 5.40. The van der Waals surface area contributed by atoms with Gasteiger partial charge >= 0.3 is 0 Å². The fourth-order valence-electron chi connectivity index (χ4n) is 2.62. The van der Waals surface area contributed by atoms with E-state index in [9.17, 15) is 0 Å². The van der Waals surface area contributed by atoms with Gasteiger partial charge in [0.1, 0.15) is 0 Å². The standard InChI is InChI=1S/C14H16BrN3/c1-11-14-3-2-4-17(14)5-6-18(11)10-12-7-13(15)9-16-8-12/h2-4,7-9,11H,5-6,10H2,1H3. The van der Waals surface area contributed by atoms with Crippen molar-refractivity contribution in [3.63, 3.8) is 0 Å². The van der Waals surface area contributed by atoms with Gasteiger partial charge in [0.25, 0.3) is 0 Å². The summed E-state index contributed by atoms with van der Waals surface area (Å²) < 4.78 is 3.40. The molecule has 1 aliphatic heterocycles. The van der Waals surface area contributed by atoms with Crippen molar-refractivity contribution >= 4 is 15.9 Å². The molecule has 2 aromatic rings.